The lowest BCUT2D eigenvalue weighted by Crippen LogP contribution is -2.07. The molecule has 188 valence electrons. The van der Waals surface area contributed by atoms with Crippen LogP contribution in [0.5, 0.6) is 0 Å². The maximum atomic E-state index is 13.7. The van der Waals surface area contributed by atoms with E-state index in [4.69, 9.17) is 0 Å². The van der Waals surface area contributed by atoms with Crippen LogP contribution in [0, 0.1) is 23.5 Å². The van der Waals surface area contributed by atoms with Gasteiger partial charge in [-0.2, -0.15) is 0 Å². The topological polar surface area (TPSA) is 0 Å². The van der Waals surface area contributed by atoms with Crippen molar-refractivity contribution in [3.63, 3.8) is 0 Å². The summed E-state index contributed by atoms with van der Waals surface area (Å²) in [5.74, 6) is 0.460. The molecule has 0 aliphatic heterocycles. The van der Waals surface area contributed by atoms with Gasteiger partial charge >= 0.3 is 0 Å². The minimum Gasteiger partial charge on any atom is -0.207 e. The van der Waals surface area contributed by atoms with Crippen LogP contribution in [0.3, 0.4) is 0 Å². The molecule has 0 fully saturated rings. The van der Waals surface area contributed by atoms with Gasteiger partial charge in [-0.25, -0.2) is 8.78 Å². The van der Waals surface area contributed by atoms with Crippen LogP contribution in [0.2, 0.25) is 0 Å². The Labute approximate surface area is 207 Å². The molecule has 2 unspecified atom stereocenters. The number of allylic oxidation sites excluding steroid dienone is 8. The van der Waals surface area contributed by atoms with Crippen molar-refractivity contribution in [1.82, 2.24) is 0 Å². The molecule has 1 aliphatic rings. The first kappa shape index (κ1) is 28.3. The van der Waals surface area contributed by atoms with Gasteiger partial charge in [-0.3, -0.25) is 0 Å². The zero-order valence-electron chi connectivity index (χ0n) is 22.6. The summed E-state index contributed by atoms with van der Waals surface area (Å²) in [5, 5.41) is 0. The Morgan fingerprint density at radius 2 is 1.68 bits per heavy atom. The van der Waals surface area contributed by atoms with E-state index < -0.39 is 11.6 Å². The van der Waals surface area contributed by atoms with Crippen molar-refractivity contribution in [3.8, 4) is 0 Å². The number of hydrogen-bond acceptors (Lipinski definition) is 0. The molecule has 2 heteroatoms. The Kier molecular flexibility index (Phi) is 11.5. The molecule has 0 heterocycles. The van der Waals surface area contributed by atoms with Gasteiger partial charge in [0, 0.05) is 6.07 Å². The molecule has 0 amide bonds. The monoisotopic (exact) mass is 468 g/mol. The zero-order chi connectivity index (χ0) is 25.3. The second-order valence-electron chi connectivity index (χ2n) is 10.5. The molecule has 0 spiro atoms. The standard InChI is InChI=1S/C32H46F2/c1-8-27(9-2)24(5)16-22(3)14-15-29-17-25(6)28(13-11-10-12-23(29)4)18-26(7)30-19-31(33)21-32(34)20-30/h13,16-17,19-21,24,26-27H,8-12,14-15,18H2,1-7H3. The Hall–Kier alpha value is -1.96. The molecule has 34 heavy (non-hydrogen) atoms. The Balaban J connectivity index is 2.16. The van der Waals surface area contributed by atoms with Crippen LogP contribution < -0.4 is 0 Å². The van der Waals surface area contributed by atoms with Gasteiger partial charge in [0.2, 0.25) is 0 Å². The van der Waals surface area contributed by atoms with Crippen molar-refractivity contribution in [1.29, 1.82) is 0 Å². The van der Waals surface area contributed by atoms with E-state index in [-0.39, 0.29) is 5.92 Å². The van der Waals surface area contributed by atoms with E-state index in [9.17, 15) is 8.78 Å². The van der Waals surface area contributed by atoms with Gasteiger partial charge in [-0.05, 0) is 111 Å². The molecule has 0 radical (unpaired) electrons. The number of rotatable bonds is 10. The number of hydrogen-bond donors (Lipinski definition) is 0. The second kappa shape index (κ2) is 13.8. The first-order valence-electron chi connectivity index (χ1n) is 13.3. The van der Waals surface area contributed by atoms with E-state index in [2.05, 4.69) is 66.7 Å². The molecule has 0 saturated heterocycles. The highest BCUT2D eigenvalue weighted by Gasteiger charge is 2.15. The van der Waals surface area contributed by atoms with Crippen LogP contribution in [-0.2, 0) is 0 Å². The summed E-state index contributed by atoms with van der Waals surface area (Å²) >= 11 is 0. The average molecular weight is 469 g/mol. The van der Waals surface area contributed by atoms with E-state index in [0.29, 0.717) is 5.92 Å². The molecule has 0 N–H and O–H groups in total. The Morgan fingerprint density at radius 3 is 2.29 bits per heavy atom. The third-order valence-electron chi connectivity index (χ3n) is 7.70. The summed E-state index contributed by atoms with van der Waals surface area (Å²) in [6.45, 7) is 15.8. The maximum Gasteiger partial charge on any atom is 0.126 e. The largest absolute Gasteiger partial charge is 0.207 e. The van der Waals surface area contributed by atoms with Gasteiger partial charge in [-0.15, -0.1) is 0 Å². The van der Waals surface area contributed by atoms with E-state index in [1.807, 2.05) is 0 Å². The lowest BCUT2D eigenvalue weighted by Gasteiger charge is -2.19. The predicted octanol–water partition coefficient (Wildman–Crippen LogP) is 10.6. The molecule has 1 aromatic carbocycles. The van der Waals surface area contributed by atoms with Crippen LogP contribution >= 0.6 is 0 Å². The van der Waals surface area contributed by atoms with E-state index in [0.717, 1.165) is 56.1 Å². The van der Waals surface area contributed by atoms with Crippen molar-refractivity contribution in [2.24, 2.45) is 11.8 Å². The maximum absolute atomic E-state index is 13.7. The van der Waals surface area contributed by atoms with Gasteiger partial charge in [0.05, 0.1) is 0 Å². The van der Waals surface area contributed by atoms with Crippen LogP contribution in [0.1, 0.15) is 111 Å². The van der Waals surface area contributed by atoms with Crippen LogP contribution in [0.25, 0.3) is 0 Å². The highest BCUT2D eigenvalue weighted by atomic mass is 19.1. The lowest BCUT2D eigenvalue weighted by atomic mass is 9.87. The fourth-order valence-electron chi connectivity index (χ4n) is 5.31. The van der Waals surface area contributed by atoms with Gasteiger partial charge in [0.15, 0.2) is 0 Å². The third-order valence-corrected chi connectivity index (χ3v) is 7.70. The Morgan fingerprint density at radius 1 is 1.03 bits per heavy atom. The van der Waals surface area contributed by atoms with Crippen LogP contribution in [-0.4, -0.2) is 0 Å². The zero-order valence-corrected chi connectivity index (χ0v) is 22.6. The lowest BCUT2D eigenvalue weighted by molar-refractivity contribution is 0.393. The SMILES string of the molecule is CCC(CC)C(C)C=C(C)CCC1=C(C)CCCC=C(CC(C)c2cc(F)cc(F)c2)C(C)=C1. The normalized spacial score (nSPS) is 17.6. The van der Waals surface area contributed by atoms with E-state index >= 15 is 0 Å². The molecular weight excluding hydrogens is 422 g/mol. The fourth-order valence-corrected chi connectivity index (χ4v) is 5.31. The van der Waals surface area contributed by atoms with E-state index in [1.54, 1.807) is 0 Å². The van der Waals surface area contributed by atoms with Crippen LogP contribution in [0.15, 0.2) is 64.3 Å². The summed E-state index contributed by atoms with van der Waals surface area (Å²) in [7, 11) is 0. The first-order chi connectivity index (χ1) is 16.1. The summed E-state index contributed by atoms with van der Waals surface area (Å²) < 4.78 is 27.5. The molecule has 2 rings (SSSR count). The highest BCUT2D eigenvalue weighted by molar-refractivity contribution is 5.40. The first-order valence-corrected chi connectivity index (χ1v) is 13.3. The van der Waals surface area contributed by atoms with Gasteiger partial charge in [0.25, 0.3) is 0 Å². The average Bonchev–Trinajstić information content (AvgIpc) is 2.83. The van der Waals surface area contributed by atoms with Gasteiger partial charge < -0.3 is 0 Å². The molecule has 1 aliphatic carbocycles. The number of halogens is 2. The molecule has 0 saturated carbocycles. The van der Waals surface area contributed by atoms with Crippen molar-refractivity contribution < 1.29 is 8.78 Å². The van der Waals surface area contributed by atoms with E-state index in [1.165, 1.54) is 52.8 Å². The highest BCUT2D eigenvalue weighted by Crippen LogP contribution is 2.32. The second-order valence-corrected chi connectivity index (χ2v) is 10.5. The smallest absolute Gasteiger partial charge is 0.126 e. The van der Waals surface area contributed by atoms with Crippen molar-refractivity contribution in [2.45, 2.75) is 106 Å². The van der Waals surface area contributed by atoms with Crippen molar-refractivity contribution >= 4 is 0 Å². The minimum absolute atomic E-state index is 0.0609. The van der Waals surface area contributed by atoms with Gasteiger partial charge in [-0.1, -0.05) is 69.9 Å². The summed E-state index contributed by atoms with van der Waals surface area (Å²) in [5.41, 5.74) is 7.76. The molecule has 0 bridgehead atoms. The summed E-state index contributed by atoms with van der Waals surface area (Å²) in [4.78, 5) is 0. The third kappa shape index (κ3) is 8.67. The molecule has 1 aromatic rings. The summed E-state index contributed by atoms with van der Waals surface area (Å²) in [6, 6.07) is 3.88. The minimum atomic E-state index is -0.500. The van der Waals surface area contributed by atoms with Crippen molar-refractivity contribution in [3.05, 3.63) is 81.5 Å². The van der Waals surface area contributed by atoms with Crippen LogP contribution in [0.4, 0.5) is 8.78 Å². The fraction of sp³-hybridized carbons (Fsp3) is 0.562. The number of benzene rings is 1. The molecule has 0 nitrogen and oxygen atoms in total. The van der Waals surface area contributed by atoms with Crippen molar-refractivity contribution in [2.75, 3.05) is 0 Å². The Bertz CT molecular complexity index is 904. The molecule has 2 atom stereocenters. The molecular formula is C32H46F2. The van der Waals surface area contributed by atoms with Gasteiger partial charge in [0.1, 0.15) is 11.6 Å². The molecule has 0 aromatic heterocycles. The predicted molar refractivity (Wildman–Crippen MR) is 144 cm³/mol. The summed E-state index contributed by atoms with van der Waals surface area (Å²) in [6.07, 6.45) is 16.0. The quantitative estimate of drug-likeness (QED) is 0.299.